The summed E-state index contributed by atoms with van der Waals surface area (Å²) in [5.41, 5.74) is 8.22. The Morgan fingerprint density at radius 2 is 2.09 bits per heavy atom. The van der Waals surface area contributed by atoms with Gasteiger partial charge in [0.2, 0.25) is 5.91 Å². The minimum Gasteiger partial charge on any atom is -0.459 e. The maximum atomic E-state index is 12.5. The summed E-state index contributed by atoms with van der Waals surface area (Å²) in [5.74, 6) is 1.96. The molecule has 116 valence electrons. The second-order valence-corrected chi connectivity index (χ2v) is 6.80. The molecular weight excluding hydrogens is 276 g/mol. The molecule has 22 heavy (non-hydrogen) atoms. The first-order chi connectivity index (χ1) is 10.6. The van der Waals surface area contributed by atoms with Gasteiger partial charge in [-0.1, -0.05) is 18.2 Å². The van der Waals surface area contributed by atoms with Crippen molar-refractivity contribution in [1.29, 1.82) is 0 Å². The molecule has 0 aliphatic heterocycles. The minimum absolute atomic E-state index is 0.0107. The number of amides is 1. The molecule has 4 atom stereocenters. The Kier molecular flexibility index (Phi) is 3.22. The lowest BCUT2D eigenvalue weighted by Crippen LogP contribution is -2.45. The first-order valence-corrected chi connectivity index (χ1v) is 8.15. The van der Waals surface area contributed by atoms with Gasteiger partial charge in [-0.25, -0.2) is 0 Å². The van der Waals surface area contributed by atoms with Gasteiger partial charge in [0.1, 0.15) is 11.3 Å². The molecule has 1 heterocycles. The molecule has 4 rings (SSSR count). The number of hydrogen-bond acceptors (Lipinski definition) is 3. The van der Waals surface area contributed by atoms with Gasteiger partial charge in [-0.3, -0.25) is 4.79 Å². The van der Waals surface area contributed by atoms with Crippen LogP contribution in [-0.4, -0.2) is 11.9 Å². The van der Waals surface area contributed by atoms with Gasteiger partial charge in [0.25, 0.3) is 0 Å². The molecule has 0 spiro atoms. The normalized spacial score (nSPS) is 30.1. The summed E-state index contributed by atoms with van der Waals surface area (Å²) < 4.78 is 5.85. The summed E-state index contributed by atoms with van der Waals surface area (Å²) in [6.07, 6.45) is 3.47. The Bertz CT molecular complexity index is 719. The molecule has 3 N–H and O–H groups in total. The number of nitrogens with one attached hydrogen (secondary N) is 1. The van der Waals surface area contributed by atoms with Crippen molar-refractivity contribution < 1.29 is 9.21 Å². The summed E-state index contributed by atoms with van der Waals surface area (Å²) in [7, 11) is 0. The second kappa shape index (κ2) is 5.13. The van der Waals surface area contributed by atoms with Gasteiger partial charge in [0.15, 0.2) is 0 Å². The van der Waals surface area contributed by atoms with Gasteiger partial charge in [0.05, 0.1) is 12.5 Å². The number of hydrogen-bond donors (Lipinski definition) is 2. The Hall–Kier alpha value is -1.81. The molecule has 2 aromatic rings. The van der Waals surface area contributed by atoms with Crippen LogP contribution in [0.3, 0.4) is 0 Å². The van der Waals surface area contributed by atoms with Crippen LogP contribution in [0.4, 0.5) is 0 Å². The predicted molar refractivity (Wildman–Crippen MR) is 85.1 cm³/mol. The van der Waals surface area contributed by atoms with Crippen molar-refractivity contribution in [1.82, 2.24) is 5.32 Å². The molecule has 2 bridgehead atoms. The Morgan fingerprint density at radius 3 is 2.82 bits per heavy atom. The lowest BCUT2D eigenvalue weighted by Gasteiger charge is -2.26. The van der Waals surface area contributed by atoms with Crippen LogP contribution in [0.5, 0.6) is 0 Å². The third kappa shape index (κ3) is 2.05. The lowest BCUT2D eigenvalue weighted by atomic mass is 9.84. The topological polar surface area (TPSA) is 68.3 Å². The Labute approximate surface area is 130 Å². The number of carbonyl (C=O) groups is 1. The van der Waals surface area contributed by atoms with E-state index < -0.39 is 0 Å². The fraction of sp³-hybridized carbons (Fsp3) is 0.500. The molecule has 4 unspecified atom stereocenters. The largest absolute Gasteiger partial charge is 0.459 e. The molecule has 2 aliphatic rings. The molecule has 2 fully saturated rings. The van der Waals surface area contributed by atoms with Crippen LogP contribution in [0.2, 0.25) is 0 Å². The first-order valence-electron chi connectivity index (χ1n) is 8.15. The minimum atomic E-state index is -0.0107. The number of aryl methyl sites for hydroxylation is 1. The average Bonchev–Trinajstić information content (AvgIpc) is 3.19. The summed E-state index contributed by atoms with van der Waals surface area (Å²) in [4.78, 5) is 12.5. The van der Waals surface area contributed by atoms with E-state index in [1.54, 1.807) is 0 Å². The molecule has 1 aromatic carbocycles. The van der Waals surface area contributed by atoms with Crippen molar-refractivity contribution in [3.8, 4) is 0 Å². The van der Waals surface area contributed by atoms with E-state index in [1.807, 2.05) is 31.2 Å². The fourth-order valence-corrected chi connectivity index (χ4v) is 4.40. The zero-order valence-corrected chi connectivity index (χ0v) is 12.8. The predicted octanol–water partition coefficient (Wildman–Crippen LogP) is 2.73. The van der Waals surface area contributed by atoms with Crippen LogP contribution in [0.25, 0.3) is 11.0 Å². The molecule has 1 amide bonds. The monoisotopic (exact) mass is 298 g/mol. The number of fused-ring (bicyclic) bond motifs is 3. The highest BCUT2D eigenvalue weighted by Crippen LogP contribution is 2.47. The number of nitrogens with two attached hydrogens (primary N) is 1. The summed E-state index contributed by atoms with van der Waals surface area (Å²) in [6, 6.07) is 8.00. The molecule has 2 saturated carbocycles. The van der Waals surface area contributed by atoms with E-state index in [0.717, 1.165) is 35.1 Å². The lowest BCUT2D eigenvalue weighted by molar-refractivity contribution is -0.127. The molecule has 0 radical (unpaired) electrons. The van der Waals surface area contributed by atoms with E-state index in [2.05, 4.69) is 5.32 Å². The van der Waals surface area contributed by atoms with Gasteiger partial charge in [-0.2, -0.15) is 0 Å². The fourth-order valence-electron chi connectivity index (χ4n) is 4.40. The number of benzene rings is 1. The number of para-hydroxylation sites is 1. The summed E-state index contributed by atoms with van der Waals surface area (Å²) >= 11 is 0. The van der Waals surface area contributed by atoms with E-state index in [0.29, 0.717) is 18.4 Å². The van der Waals surface area contributed by atoms with Crippen LogP contribution < -0.4 is 11.1 Å². The van der Waals surface area contributed by atoms with Crippen LogP contribution in [-0.2, 0) is 11.3 Å². The smallest absolute Gasteiger partial charge is 0.225 e. The van der Waals surface area contributed by atoms with Crippen LogP contribution in [0.1, 0.15) is 30.6 Å². The van der Waals surface area contributed by atoms with Crippen LogP contribution in [0.15, 0.2) is 28.7 Å². The van der Waals surface area contributed by atoms with Gasteiger partial charge in [-0.15, -0.1) is 0 Å². The van der Waals surface area contributed by atoms with E-state index >= 15 is 0 Å². The van der Waals surface area contributed by atoms with Crippen molar-refractivity contribution in [2.75, 3.05) is 0 Å². The average molecular weight is 298 g/mol. The van der Waals surface area contributed by atoms with Crippen molar-refractivity contribution in [2.45, 2.75) is 38.8 Å². The maximum absolute atomic E-state index is 12.5. The van der Waals surface area contributed by atoms with E-state index in [4.69, 9.17) is 10.2 Å². The summed E-state index contributed by atoms with van der Waals surface area (Å²) in [6.45, 7) is 2.48. The highest BCUT2D eigenvalue weighted by atomic mass is 16.3. The second-order valence-electron chi connectivity index (χ2n) is 6.80. The molecule has 0 saturated heterocycles. The van der Waals surface area contributed by atoms with E-state index in [-0.39, 0.29) is 17.9 Å². The SMILES string of the molecule is Cc1c(CNC(=O)C2C3CCC(C3)C2N)oc2ccccc12. The molecule has 4 heteroatoms. The van der Waals surface area contributed by atoms with Crippen molar-refractivity contribution in [3.63, 3.8) is 0 Å². The molecule has 4 nitrogen and oxygen atoms in total. The maximum Gasteiger partial charge on any atom is 0.225 e. The summed E-state index contributed by atoms with van der Waals surface area (Å²) in [5, 5.41) is 4.16. The third-order valence-electron chi connectivity index (χ3n) is 5.65. The highest BCUT2D eigenvalue weighted by Gasteiger charge is 2.48. The zero-order valence-electron chi connectivity index (χ0n) is 12.8. The number of carbonyl (C=O) groups excluding carboxylic acids is 1. The van der Waals surface area contributed by atoms with Gasteiger partial charge in [0, 0.05) is 17.0 Å². The van der Waals surface area contributed by atoms with Gasteiger partial charge in [-0.05, 0) is 44.1 Å². The standard InChI is InChI=1S/C18H22N2O2/c1-10-13-4-2-3-5-14(13)22-15(10)9-20-18(21)16-11-6-7-12(8-11)17(16)19/h2-5,11-12,16-17H,6-9,19H2,1H3,(H,20,21). The third-order valence-corrected chi connectivity index (χ3v) is 5.65. The van der Waals surface area contributed by atoms with Crippen molar-refractivity contribution in [3.05, 3.63) is 35.6 Å². The number of rotatable bonds is 3. The van der Waals surface area contributed by atoms with Crippen molar-refractivity contribution >= 4 is 16.9 Å². The van der Waals surface area contributed by atoms with Crippen LogP contribution in [0, 0.1) is 24.7 Å². The molecule has 1 aromatic heterocycles. The zero-order chi connectivity index (χ0) is 15.3. The van der Waals surface area contributed by atoms with E-state index in [9.17, 15) is 4.79 Å². The van der Waals surface area contributed by atoms with Crippen molar-refractivity contribution in [2.24, 2.45) is 23.5 Å². The van der Waals surface area contributed by atoms with Gasteiger partial charge >= 0.3 is 0 Å². The number of furan rings is 1. The Balaban J connectivity index is 1.48. The Morgan fingerprint density at radius 1 is 1.32 bits per heavy atom. The van der Waals surface area contributed by atoms with E-state index in [1.165, 1.54) is 6.42 Å². The van der Waals surface area contributed by atoms with Crippen LogP contribution >= 0.6 is 0 Å². The highest BCUT2D eigenvalue weighted by molar-refractivity contribution is 5.83. The molecule has 2 aliphatic carbocycles. The first kappa shape index (κ1) is 13.8. The quantitative estimate of drug-likeness (QED) is 0.915. The molecular formula is C18H22N2O2. The van der Waals surface area contributed by atoms with Gasteiger partial charge < -0.3 is 15.5 Å².